The number of nitrogens with one attached hydrogen (secondary N) is 2. The van der Waals surface area contributed by atoms with Crippen molar-refractivity contribution in [3.63, 3.8) is 0 Å². The average Bonchev–Trinajstić information content (AvgIpc) is 3.14. The maximum absolute atomic E-state index is 12.5. The maximum Gasteiger partial charge on any atom is 1.00 e. The molecule has 0 bridgehead atoms. The Morgan fingerprint density at radius 2 is 1.84 bits per heavy atom. The minimum absolute atomic E-state index is 0. The van der Waals surface area contributed by atoms with Crippen LogP contribution in [0, 0.1) is 5.92 Å². The standard InChI is InChI=1S/C18H28N6O15P2.2Na/c1-7(25)21-12-9(4-8(5-20-23-19)13(27)15(12)29)38-41(34,35)39-40(32,33)36-6-10-14(28)16(30)17(37-10)24-3-2-11(26)22-18(24)31;;/h2-3,8-10,12-17,27-30H,4-6H2,1H3,(H,21,25)(H,32,33)(H,34,35)(H,22,26,31);;/q;2*+1/p-2/t8-,9+,10-,12+,13-,14-,15?,16-,17-;;/m1../s1. The fourth-order valence-corrected chi connectivity index (χ4v) is 6.56. The number of aliphatic hydroxyl groups excluding tert-OH is 4. The Morgan fingerprint density at radius 1 is 1.19 bits per heavy atom. The summed E-state index contributed by atoms with van der Waals surface area (Å²) >= 11 is 0. The molecular weight excluding hydrogens is 648 g/mol. The van der Waals surface area contributed by atoms with E-state index >= 15 is 0 Å². The zero-order chi connectivity index (χ0) is 30.7. The number of azide groups is 1. The van der Waals surface area contributed by atoms with Crippen molar-refractivity contribution < 1.29 is 121 Å². The van der Waals surface area contributed by atoms with E-state index in [9.17, 15) is 53.7 Å². The smallest absolute Gasteiger partial charge is 0.756 e. The first kappa shape index (κ1) is 40.5. The molecule has 1 aliphatic heterocycles. The van der Waals surface area contributed by atoms with Gasteiger partial charge in [0.2, 0.25) is 5.91 Å². The molecule has 230 valence electrons. The Balaban J connectivity index is 0.00000462. The third-order valence-electron chi connectivity index (χ3n) is 6.21. The molecule has 2 fully saturated rings. The van der Waals surface area contributed by atoms with Gasteiger partial charge in [-0.25, -0.2) is 9.11 Å². The predicted molar refractivity (Wildman–Crippen MR) is 126 cm³/mol. The van der Waals surface area contributed by atoms with Crippen LogP contribution < -0.4 is 85.5 Å². The molecule has 3 rings (SSSR count). The number of aromatic amines is 1. The molecule has 6 N–H and O–H groups in total. The van der Waals surface area contributed by atoms with Crippen LogP contribution in [0.1, 0.15) is 19.6 Å². The predicted octanol–water partition coefficient (Wildman–Crippen LogP) is -9.92. The zero-order valence-corrected chi connectivity index (χ0v) is 28.7. The molecule has 1 aromatic heterocycles. The van der Waals surface area contributed by atoms with Crippen LogP contribution in [-0.4, -0.2) is 91.7 Å². The van der Waals surface area contributed by atoms with Crippen LogP contribution in [0.3, 0.4) is 0 Å². The van der Waals surface area contributed by atoms with Gasteiger partial charge in [0.15, 0.2) is 6.23 Å². The second-order valence-corrected chi connectivity index (χ2v) is 12.0. The number of phosphoric ester groups is 2. The molecule has 2 aliphatic rings. The monoisotopic (exact) mass is 674 g/mol. The molecule has 0 aromatic carbocycles. The molecule has 2 heterocycles. The van der Waals surface area contributed by atoms with Crippen molar-refractivity contribution in [2.45, 2.75) is 62.2 Å². The van der Waals surface area contributed by atoms with Crippen LogP contribution in [0.4, 0.5) is 0 Å². The van der Waals surface area contributed by atoms with Gasteiger partial charge in [-0.05, 0) is 17.9 Å². The van der Waals surface area contributed by atoms with Crippen molar-refractivity contribution in [2.24, 2.45) is 11.0 Å². The third-order valence-corrected chi connectivity index (χ3v) is 8.80. The van der Waals surface area contributed by atoms with Crippen LogP contribution in [-0.2, 0) is 32.0 Å². The van der Waals surface area contributed by atoms with Gasteiger partial charge in [-0.2, -0.15) is 0 Å². The minimum Gasteiger partial charge on any atom is -0.756 e. The molecule has 11 atom stereocenters. The van der Waals surface area contributed by atoms with Crippen molar-refractivity contribution in [1.82, 2.24) is 14.9 Å². The number of aliphatic hydroxyl groups is 4. The first-order valence-corrected chi connectivity index (χ1v) is 14.6. The number of carbonyl (C=O) groups excluding carboxylic acids is 1. The molecule has 1 saturated heterocycles. The Morgan fingerprint density at radius 3 is 2.42 bits per heavy atom. The summed E-state index contributed by atoms with van der Waals surface area (Å²) in [5.41, 5.74) is 6.74. The molecule has 1 saturated carbocycles. The Bertz CT molecular complexity index is 1380. The minimum atomic E-state index is -5.85. The number of hydrogen-bond acceptors (Lipinski definition) is 16. The van der Waals surface area contributed by atoms with Crippen molar-refractivity contribution in [3.8, 4) is 0 Å². The summed E-state index contributed by atoms with van der Waals surface area (Å²) in [6.07, 6.45) is -11.4. The normalized spacial score (nSPS) is 33.0. The van der Waals surface area contributed by atoms with E-state index in [1.54, 1.807) is 0 Å². The van der Waals surface area contributed by atoms with E-state index in [0.29, 0.717) is 4.57 Å². The van der Waals surface area contributed by atoms with Gasteiger partial charge in [0.1, 0.15) is 24.4 Å². The van der Waals surface area contributed by atoms with Crippen LogP contribution in [0.5, 0.6) is 0 Å². The van der Waals surface area contributed by atoms with Gasteiger partial charge in [0.05, 0.1) is 24.9 Å². The number of rotatable bonds is 11. The van der Waals surface area contributed by atoms with E-state index in [1.807, 2.05) is 4.98 Å². The zero-order valence-electron chi connectivity index (χ0n) is 22.9. The average molecular weight is 674 g/mol. The number of ether oxygens (including phenoxy) is 1. The largest absolute Gasteiger partial charge is 1.00 e. The quantitative estimate of drug-likeness (QED) is 0.0417. The fourth-order valence-electron chi connectivity index (χ4n) is 4.36. The molecule has 1 amide bonds. The number of aromatic nitrogens is 2. The summed E-state index contributed by atoms with van der Waals surface area (Å²) in [6.45, 7) is -0.495. The van der Waals surface area contributed by atoms with Crippen LogP contribution in [0.15, 0.2) is 27.0 Å². The van der Waals surface area contributed by atoms with Gasteiger partial charge in [0, 0.05) is 30.6 Å². The molecular formula is C18H26N6Na2O15P2. The number of amides is 1. The van der Waals surface area contributed by atoms with Crippen molar-refractivity contribution in [2.75, 3.05) is 13.2 Å². The second-order valence-electron chi connectivity index (χ2n) is 9.10. The molecule has 0 radical (unpaired) electrons. The Kier molecular flexibility index (Phi) is 15.9. The number of phosphoric acid groups is 2. The van der Waals surface area contributed by atoms with E-state index in [4.69, 9.17) is 14.8 Å². The molecule has 0 spiro atoms. The first-order valence-electron chi connectivity index (χ1n) is 11.7. The Labute approximate surface area is 285 Å². The van der Waals surface area contributed by atoms with E-state index in [2.05, 4.69) is 24.2 Å². The van der Waals surface area contributed by atoms with Crippen LogP contribution in [0.2, 0.25) is 0 Å². The summed E-state index contributed by atoms with van der Waals surface area (Å²) in [5.74, 6) is -1.82. The Hall–Kier alpha value is -0.480. The van der Waals surface area contributed by atoms with Crippen molar-refractivity contribution >= 4 is 21.6 Å². The van der Waals surface area contributed by atoms with Gasteiger partial charge < -0.3 is 49.3 Å². The summed E-state index contributed by atoms with van der Waals surface area (Å²) in [4.78, 5) is 63.9. The van der Waals surface area contributed by atoms with Gasteiger partial charge in [0.25, 0.3) is 21.2 Å². The van der Waals surface area contributed by atoms with Crippen LogP contribution >= 0.6 is 15.6 Å². The molecule has 1 aromatic rings. The summed E-state index contributed by atoms with van der Waals surface area (Å²) in [6, 6.07) is -0.639. The molecule has 1 aliphatic carbocycles. The van der Waals surface area contributed by atoms with Gasteiger partial charge >= 0.3 is 64.8 Å². The fraction of sp³-hybridized carbons (Fsp3) is 0.722. The molecule has 3 unspecified atom stereocenters. The number of carbonyl (C=O) groups is 1. The molecule has 43 heavy (non-hydrogen) atoms. The molecule has 25 heteroatoms. The number of nitrogens with zero attached hydrogens (tertiary/aromatic N) is 4. The van der Waals surface area contributed by atoms with E-state index < -0.39 is 107 Å². The number of hydrogen-bond donors (Lipinski definition) is 6. The van der Waals surface area contributed by atoms with Crippen LogP contribution in [0.25, 0.3) is 10.4 Å². The van der Waals surface area contributed by atoms with Gasteiger partial charge in [-0.15, -0.1) is 0 Å². The van der Waals surface area contributed by atoms with Gasteiger partial charge in [-0.3, -0.25) is 28.3 Å². The summed E-state index contributed by atoms with van der Waals surface area (Å²) < 4.78 is 44.0. The summed E-state index contributed by atoms with van der Waals surface area (Å²) in [5, 5.41) is 46.5. The second kappa shape index (κ2) is 16.9. The first-order chi connectivity index (χ1) is 19.0. The maximum atomic E-state index is 12.5. The van der Waals surface area contributed by atoms with E-state index in [0.717, 1.165) is 19.2 Å². The van der Waals surface area contributed by atoms with Crippen molar-refractivity contribution in [1.29, 1.82) is 0 Å². The topological polar surface area (TPSA) is 331 Å². The summed E-state index contributed by atoms with van der Waals surface area (Å²) in [7, 11) is -11.7. The molecule has 21 nitrogen and oxygen atoms in total. The van der Waals surface area contributed by atoms with E-state index in [1.165, 1.54) is 0 Å². The van der Waals surface area contributed by atoms with Gasteiger partial charge in [-0.1, -0.05) is 5.11 Å². The SMILES string of the molecule is CC(=O)N[C@@H]1C(O)[C@H](O)[C@@H](CN=[N+]=[N-])C[C@@H]1OP(=O)([O-])OP(=O)([O-])OC[C@H]1O[C@@H](n2ccc(=O)[nH]c2=O)[C@H](O)[C@@H]1O.[Na+].[Na+]. The van der Waals surface area contributed by atoms with Crippen molar-refractivity contribution in [3.05, 3.63) is 43.5 Å². The number of H-pyrrole nitrogens is 1. The third kappa shape index (κ3) is 10.8. The van der Waals surface area contributed by atoms with E-state index in [-0.39, 0.29) is 59.1 Å².